The number of carboxylic acid groups (broad SMARTS) is 1. The molecule has 0 saturated carbocycles. The van der Waals surface area contributed by atoms with E-state index >= 15 is 0 Å². The molecular weight excluding hydrogens is 192 g/mol. The van der Waals surface area contributed by atoms with Gasteiger partial charge in [-0.3, -0.25) is 4.79 Å². The number of carbonyl (C=O) groups is 1. The Hall–Kier alpha value is -2.02. The van der Waals surface area contributed by atoms with E-state index in [0.29, 0.717) is 24.1 Å². The van der Waals surface area contributed by atoms with Crippen LogP contribution in [0.4, 0.5) is 5.69 Å². The zero-order valence-electron chi connectivity index (χ0n) is 8.23. The Morgan fingerprint density at radius 3 is 2.80 bits per heavy atom. The highest BCUT2D eigenvalue weighted by Crippen LogP contribution is 2.16. The fraction of sp³-hybridized carbons (Fsp3) is 0.273. The van der Waals surface area contributed by atoms with E-state index in [-0.39, 0.29) is 6.42 Å². The molecule has 0 atom stereocenters. The van der Waals surface area contributed by atoms with Gasteiger partial charge in [0.2, 0.25) is 0 Å². The Morgan fingerprint density at radius 1 is 1.53 bits per heavy atom. The number of nitrogens with two attached hydrogens (primary N) is 1. The van der Waals surface area contributed by atoms with Crippen molar-refractivity contribution in [2.24, 2.45) is 0 Å². The number of hydrogen-bond acceptors (Lipinski definition) is 3. The number of aryl methyl sites for hydroxylation is 1. The van der Waals surface area contributed by atoms with Gasteiger partial charge in [0.1, 0.15) is 0 Å². The van der Waals surface area contributed by atoms with Gasteiger partial charge in [-0.1, -0.05) is 6.07 Å². The Bertz CT molecular complexity index is 408. The Balaban J connectivity index is 2.63. The van der Waals surface area contributed by atoms with Crippen molar-refractivity contribution in [3.63, 3.8) is 0 Å². The average molecular weight is 204 g/mol. The number of benzene rings is 1. The lowest BCUT2D eigenvalue weighted by molar-refractivity contribution is -0.137. The molecule has 78 valence electrons. The maximum absolute atomic E-state index is 10.3. The Labute approximate surface area is 87.9 Å². The van der Waals surface area contributed by atoms with Crippen LogP contribution in [0.2, 0.25) is 0 Å². The third kappa shape index (κ3) is 3.31. The van der Waals surface area contributed by atoms with Crippen LogP contribution in [-0.2, 0) is 11.2 Å². The molecule has 4 nitrogen and oxygen atoms in total. The van der Waals surface area contributed by atoms with E-state index in [9.17, 15) is 4.79 Å². The fourth-order valence-corrected chi connectivity index (χ4v) is 1.32. The van der Waals surface area contributed by atoms with E-state index in [1.165, 1.54) is 0 Å². The minimum Gasteiger partial charge on any atom is -0.481 e. The molecule has 1 aromatic carbocycles. The van der Waals surface area contributed by atoms with E-state index in [2.05, 4.69) is 0 Å². The summed E-state index contributed by atoms with van der Waals surface area (Å²) in [6.45, 7) is 0. The van der Waals surface area contributed by atoms with Crippen molar-refractivity contribution in [1.29, 1.82) is 5.26 Å². The van der Waals surface area contributed by atoms with Crippen molar-refractivity contribution < 1.29 is 9.90 Å². The molecule has 4 heteroatoms. The molecule has 0 aliphatic carbocycles. The second kappa shape index (κ2) is 5.01. The number of carboxylic acids is 1. The van der Waals surface area contributed by atoms with Crippen molar-refractivity contribution in [1.82, 2.24) is 0 Å². The monoisotopic (exact) mass is 204 g/mol. The highest BCUT2D eigenvalue weighted by atomic mass is 16.4. The molecule has 0 radical (unpaired) electrons. The van der Waals surface area contributed by atoms with Gasteiger partial charge in [0, 0.05) is 12.1 Å². The maximum atomic E-state index is 10.3. The van der Waals surface area contributed by atoms with Crippen LogP contribution in [0.25, 0.3) is 0 Å². The molecule has 0 amide bonds. The minimum absolute atomic E-state index is 0.138. The topological polar surface area (TPSA) is 87.1 Å². The van der Waals surface area contributed by atoms with E-state index in [1.54, 1.807) is 18.2 Å². The first kappa shape index (κ1) is 11.1. The Kier molecular flexibility index (Phi) is 3.69. The molecule has 1 aromatic rings. The van der Waals surface area contributed by atoms with Crippen molar-refractivity contribution in [2.45, 2.75) is 19.3 Å². The van der Waals surface area contributed by atoms with Gasteiger partial charge >= 0.3 is 5.97 Å². The van der Waals surface area contributed by atoms with E-state index in [4.69, 9.17) is 16.1 Å². The lowest BCUT2D eigenvalue weighted by atomic mass is 10.0. The number of nitriles is 1. The number of anilines is 1. The lowest BCUT2D eigenvalue weighted by Gasteiger charge is -2.04. The summed E-state index contributed by atoms with van der Waals surface area (Å²) < 4.78 is 0. The first-order valence-electron chi connectivity index (χ1n) is 4.64. The van der Waals surface area contributed by atoms with Gasteiger partial charge in [0.05, 0.1) is 11.6 Å². The van der Waals surface area contributed by atoms with Crippen LogP contribution in [0, 0.1) is 11.3 Å². The predicted octanol–water partition coefficient (Wildman–Crippen LogP) is 1.55. The van der Waals surface area contributed by atoms with Gasteiger partial charge < -0.3 is 10.8 Å². The highest BCUT2D eigenvalue weighted by molar-refractivity contribution is 5.66. The second-order valence-electron chi connectivity index (χ2n) is 3.27. The van der Waals surface area contributed by atoms with E-state index in [0.717, 1.165) is 5.56 Å². The van der Waals surface area contributed by atoms with Gasteiger partial charge in [-0.25, -0.2) is 0 Å². The molecule has 0 bridgehead atoms. The molecule has 0 spiro atoms. The zero-order chi connectivity index (χ0) is 11.3. The van der Waals surface area contributed by atoms with Crippen molar-refractivity contribution >= 4 is 11.7 Å². The number of nitrogen functional groups attached to an aromatic ring is 1. The molecule has 0 saturated heterocycles. The first-order chi connectivity index (χ1) is 7.13. The SMILES string of the molecule is N#Cc1ccc(CCCC(=O)O)c(N)c1. The fourth-order valence-electron chi connectivity index (χ4n) is 1.32. The molecule has 1 rings (SSSR count). The van der Waals surface area contributed by atoms with E-state index in [1.807, 2.05) is 6.07 Å². The summed E-state index contributed by atoms with van der Waals surface area (Å²) in [6, 6.07) is 7.06. The molecular formula is C11H12N2O2. The quantitative estimate of drug-likeness (QED) is 0.728. The van der Waals surface area contributed by atoms with Crippen LogP contribution in [0.15, 0.2) is 18.2 Å². The van der Waals surface area contributed by atoms with E-state index < -0.39 is 5.97 Å². The van der Waals surface area contributed by atoms with Crippen molar-refractivity contribution in [3.8, 4) is 6.07 Å². The molecule has 0 aliphatic rings. The number of hydrogen-bond donors (Lipinski definition) is 2. The normalized spacial score (nSPS) is 9.53. The molecule has 0 aromatic heterocycles. The summed E-state index contributed by atoms with van der Waals surface area (Å²) in [6.07, 6.45) is 1.33. The molecule has 3 N–H and O–H groups in total. The summed E-state index contributed by atoms with van der Waals surface area (Å²) in [7, 11) is 0. The number of rotatable bonds is 4. The number of aliphatic carboxylic acids is 1. The lowest BCUT2D eigenvalue weighted by Crippen LogP contribution is -1.99. The van der Waals surface area contributed by atoms with Crippen molar-refractivity contribution in [2.75, 3.05) is 5.73 Å². The summed E-state index contributed by atoms with van der Waals surface area (Å²) in [5.41, 5.74) is 7.69. The van der Waals surface area contributed by atoms with Crippen LogP contribution in [-0.4, -0.2) is 11.1 Å². The smallest absolute Gasteiger partial charge is 0.303 e. The maximum Gasteiger partial charge on any atom is 0.303 e. The van der Waals surface area contributed by atoms with Crippen LogP contribution < -0.4 is 5.73 Å². The van der Waals surface area contributed by atoms with Crippen LogP contribution in [0.5, 0.6) is 0 Å². The largest absolute Gasteiger partial charge is 0.481 e. The average Bonchev–Trinajstić information content (AvgIpc) is 2.20. The van der Waals surface area contributed by atoms with Crippen LogP contribution in [0.1, 0.15) is 24.0 Å². The molecule has 0 fully saturated rings. The summed E-state index contributed by atoms with van der Waals surface area (Å²) in [4.78, 5) is 10.3. The third-order valence-corrected chi connectivity index (χ3v) is 2.11. The minimum atomic E-state index is -0.804. The summed E-state index contributed by atoms with van der Waals surface area (Å²) >= 11 is 0. The zero-order valence-corrected chi connectivity index (χ0v) is 8.23. The molecule has 0 unspecified atom stereocenters. The number of nitrogens with zero attached hydrogens (tertiary/aromatic N) is 1. The van der Waals surface area contributed by atoms with Crippen LogP contribution in [0.3, 0.4) is 0 Å². The van der Waals surface area contributed by atoms with Gasteiger partial charge in [-0.15, -0.1) is 0 Å². The molecule has 15 heavy (non-hydrogen) atoms. The molecule has 0 aliphatic heterocycles. The summed E-state index contributed by atoms with van der Waals surface area (Å²) in [5.74, 6) is -0.804. The van der Waals surface area contributed by atoms with Gasteiger partial charge in [0.25, 0.3) is 0 Å². The standard InChI is InChI=1S/C11H12N2O2/c12-7-8-4-5-9(10(13)6-8)2-1-3-11(14)15/h4-6H,1-3,13H2,(H,14,15). The van der Waals surface area contributed by atoms with Crippen molar-refractivity contribution in [3.05, 3.63) is 29.3 Å². The van der Waals surface area contributed by atoms with Gasteiger partial charge in [-0.05, 0) is 30.5 Å². The second-order valence-corrected chi connectivity index (χ2v) is 3.27. The summed E-state index contributed by atoms with van der Waals surface area (Å²) in [5, 5.41) is 17.1. The molecule has 0 heterocycles. The van der Waals surface area contributed by atoms with Gasteiger partial charge in [-0.2, -0.15) is 5.26 Å². The third-order valence-electron chi connectivity index (χ3n) is 2.11. The predicted molar refractivity (Wildman–Crippen MR) is 56.1 cm³/mol. The Morgan fingerprint density at radius 2 is 2.27 bits per heavy atom. The highest BCUT2D eigenvalue weighted by Gasteiger charge is 2.02. The first-order valence-corrected chi connectivity index (χ1v) is 4.64. The van der Waals surface area contributed by atoms with Gasteiger partial charge in [0.15, 0.2) is 0 Å². The van der Waals surface area contributed by atoms with Crippen LogP contribution >= 0.6 is 0 Å².